The summed E-state index contributed by atoms with van der Waals surface area (Å²) in [6.45, 7) is 5.69. The Hall–Kier alpha value is -1.35. The van der Waals surface area contributed by atoms with E-state index in [1.807, 2.05) is 31.2 Å². The van der Waals surface area contributed by atoms with E-state index in [4.69, 9.17) is 0 Å². The molecule has 3 nitrogen and oxygen atoms in total. The summed E-state index contributed by atoms with van der Waals surface area (Å²) in [5.41, 5.74) is 1.56. The van der Waals surface area contributed by atoms with E-state index in [-0.39, 0.29) is 5.91 Å². The van der Waals surface area contributed by atoms with Gasteiger partial charge in [-0.3, -0.25) is 4.79 Å². The number of hydrogen-bond acceptors (Lipinski definition) is 2. The fourth-order valence-electron chi connectivity index (χ4n) is 1.54. The van der Waals surface area contributed by atoms with E-state index in [9.17, 15) is 9.90 Å². The van der Waals surface area contributed by atoms with Crippen LogP contribution in [0.15, 0.2) is 24.3 Å². The van der Waals surface area contributed by atoms with Gasteiger partial charge in [0.2, 0.25) is 5.91 Å². The maximum atomic E-state index is 11.6. The van der Waals surface area contributed by atoms with Gasteiger partial charge in [-0.1, -0.05) is 24.3 Å². The van der Waals surface area contributed by atoms with E-state index in [1.54, 1.807) is 13.8 Å². The summed E-state index contributed by atoms with van der Waals surface area (Å²) in [7, 11) is 0. The first-order valence-electron chi connectivity index (χ1n) is 5.92. The van der Waals surface area contributed by atoms with Crippen LogP contribution in [-0.2, 0) is 11.2 Å². The molecule has 0 spiro atoms. The van der Waals surface area contributed by atoms with E-state index in [0.717, 1.165) is 6.42 Å². The minimum absolute atomic E-state index is 0.0182. The van der Waals surface area contributed by atoms with Gasteiger partial charge in [-0.2, -0.15) is 0 Å². The monoisotopic (exact) mass is 235 g/mol. The molecule has 0 bridgehead atoms. The van der Waals surface area contributed by atoms with Crippen LogP contribution in [-0.4, -0.2) is 23.2 Å². The highest BCUT2D eigenvalue weighted by atomic mass is 16.3. The van der Waals surface area contributed by atoms with Gasteiger partial charge < -0.3 is 10.4 Å². The van der Waals surface area contributed by atoms with Crippen molar-refractivity contribution in [2.75, 3.05) is 6.54 Å². The van der Waals surface area contributed by atoms with Crippen LogP contribution in [0.4, 0.5) is 0 Å². The second-order valence-corrected chi connectivity index (χ2v) is 5.02. The number of aliphatic hydroxyl groups is 1. The number of nitrogens with one attached hydrogen (secondary N) is 1. The Labute approximate surface area is 103 Å². The predicted molar refractivity (Wildman–Crippen MR) is 68.8 cm³/mol. The molecule has 17 heavy (non-hydrogen) atoms. The fraction of sp³-hybridized carbons (Fsp3) is 0.500. The molecule has 0 radical (unpaired) electrons. The number of amides is 1. The molecule has 0 aliphatic rings. The van der Waals surface area contributed by atoms with Crippen LogP contribution in [0.25, 0.3) is 0 Å². The van der Waals surface area contributed by atoms with Gasteiger partial charge in [-0.25, -0.2) is 0 Å². The van der Waals surface area contributed by atoms with Gasteiger partial charge >= 0.3 is 0 Å². The van der Waals surface area contributed by atoms with Crippen LogP contribution >= 0.6 is 0 Å². The van der Waals surface area contributed by atoms with Crippen LogP contribution in [0, 0.1) is 6.92 Å². The van der Waals surface area contributed by atoms with E-state index in [1.165, 1.54) is 11.1 Å². The molecule has 1 rings (SSSR count). The maximum Gasteiger partial charge on any atom is 0.220 e. The molecule has 0 fully saturated rings. The Morgan fingerprint density at radius 2 is 2.00 bits per heavy atom. The summed E-state index contributed by atoms with van der Waals surface area (Å²) >= 11 is 0. The molecular weight excluding hydrogens is 214 g/mol. The summed E-state index contributed by atoms with van der Waals surface area (Å²) in [5, 5.41) is 12.2. The van der Waals surface area contributed by atoms with Gasteiger partial charge in [-0.05, 0) is 38.3 Å². The Morgan fingerprint density at radius 3 is 2.59 bits per heavy atom. The fourth-order valence-corrected chi connectivity index (χ4v) is 1.54. The molecule has 0 aromatic heterocycles. The molecule has 0 aliphatic carbocycles. The van der Waals surface area contributed by atoms with Gasteiger partial charge in [0.1, 0.15) is 0 Å². The zero-order valence-corrected chi connectivity index (χ0v) is 10.8. The lowest BCUT2D eigenvalue weighted by Gasteiger charge is -2.17. The van der Waals surface area contributed by atoms with Crippen molar-refractivity contribution in [1.82, 2.24) is 5.32 Å². The summed E-state index contributed by atoms with van der Waals surface area (Å²) in [6, 6.07) is 8.06. The highest BCUT2D eigenvalue weighted by Crippen LogP contribution is 2.09. The molecule has 3 heteroatoms. The first-order valence-corrected chi connectivity index (χ1v) is 5.92. The first kappa shape index (κ1) is 13.7. The van der Waals surface area contributed by atoms with Crippen LogP contribution in [0.5, 0.6) is 0 Å². The number of rotatable bonds is 5. The minimum Gasteiger partial charge on any atom is -0.389 e. The van der Waals surface area contributed by atoms with Crippen molar-refractivity contribution in [3.8, 4) is 0 Å². The Kier molecular flexibility index (Phi) is 4.70. The van der Waals surface area contributed by atoms with Crippen LogP contribution in [0.2, 0.25) is 0 Å². The Morgan fingerprint density at radius 1 is 1.35 bits per heavy atom. The van der Waals surface area contributed by atoms with Gasteiger partial charge in [0.05, 0.1) is 5.60 Å². The molecular formula is C14H21NO2. The zero-order valence-electron chi connectivity index (χ0n) is 10.8. The molecule has 2 N–H and O–H groups in total. The molecule has 1 aromatic rings. The second-order valence-electron chi connectivity index (χ2n) is 5.02. The Balaban J connectivity index is 2.36. The molecule has 0 heterocycles. The minimum atomic E-state index is -0.849. The van der Waals surface area contributed by atoms with Crippen LogP contribution in [0.3, 0.4) is 0 Å². The van der Waals surface area contributed by atoms with E-state index < -0.39 is 5.60 Å². The lowest BCUT2D eigenvalue weighted by atomic mass is 10.0. The van der Waals surface area contributed by atoms with Crippen molar-refractivity contribution in [2.45, 2.75) is 39.2 Å². The molecule has 0 aliphatic heterocycles. The van der Waals surface area contributed by atoms with E-state index in [2.05, 4.69) is 5.32 Å². The van der Waals surface area contributed by atoms with Gasteiger partial charge in [0, 0.05) is 13.0 Å². The third-order valence-electron chi connectivity index (χ3n) is 2.60. The maximum absolute atomic E-state index is 11.6. The summed E-state index contributed by atoms with van der Waals surface area (Å²) < 4.78 is 0. The molecule has 0 unspecified atom stereocenters. The van der Waals surface area contributed by atoms with Crippen molar-refractivity contribution < 1.29 is 9.90 Å². The summed E-state index contributed by atoms with van der Waals surface area (Å²) in [4.78, 5) is 11.6. The van der Waals surface area contributed by atoms with E-state index >= 15 is 0 Å². The third-order valence-corrected chi connectivity index (χ3v) is 2.60. The van der Waals surface area contributed by atoms with Crippen molar-refractivity contribution in [3.63, 3.8) is 0 Å². The molecule has 1 amide bonds. The zero-order chi connectivity index (χ0) is 12.9. The van der Waals surface area contributed by atoms with Crippen molar-refractivity contribution in [1.29, 1.82) is 0 Å². The number of carbonyl (C=O) groups excluding carboxylic acids is 1. The number of hydrogen-bond donors (Lipinski definition) is 2. The van der Waals surface area contributed by atoms with Gasteiger partial charge in [0.15, 0.2) is 0 Å². The lowest BCUT2D eigenvalue weighted by molar-refractivity contribution is -0.122. The third kappa shape index (κ3) is 5.50. The largest absolute Gasteiger partial charge is 0.389 e. The van der Waals surface area contributed by atoms with Crippen LogP contribution < -0.4 is 5.32 Å². The highest BCUT2D eigenvalue weighted by Gasteiger charge is 2.13. The van der Waals surface area contributed by atoms with Crippen molar-refractivity contribution in [3.05, 3.63) is 35.4 Å². The molecule has 0 saturated heterocycles. The smallest absolute Gasteiger partial charge is 0.220 e. The van der Waals surface area contributed by atoms with Crippen molar-refractivity contribution in [2.24, 2.45) is 0 Å². The first-order chi connectivity index (χ1) is 7.88. The normalized spacial score (nSPS) is 11.3. The quantitative estimate of drug-likeness (QED) is 0.818. The predicted octanol–water partition coefficient (Wildman–Crippen LogP) is 1.81. The molecule has 1 aromatic carbocycles. The molecule has 0 saturated carbocycles. The number of carbonyl (C=O) groups is 1. The Bertz CT molecular complexity index is 380. The topological polar surface area (TPSA) is 49.3 Å². The van der Waals surface area contributed by atoms with Crippen LogP contribution in [0.1, 0.15) is 31.4 Å². The SMILES string of the molecule is Cc1ccccc1CCC(=O)NCC(C)(C)O. The van der Waals surface area contributed by atoms with Crippen molar-refractivity contribution >= 4 is 5.91 Å². The summed E-state index contributed by atoms with van der Waals surface area (Å²) in [5.74, 6) is -0.0182. The average Bonchev–Trinajstić information content (AvgIpc) is 2.24. The second kappa shape index (κ2) is 5.82. The van der Waals surface area contributed by atoms with Gasteiger partial charge in [0.25, 0.3) is 0 Å². The molecule has 0 atom stereocenters. The van der Waals surface area contributed by atoms with Gasteiger partial charge in [-0.15, -0.1) is 0 Å². The summed E-state index contributed by atoms with van der Waals surface area (Å²) in [6.07, 6.45) is 1.20. The average molecular weight is 235 g/mol. The van der Waals surface area contributed by atoms with E-state index in [0.29, 0.717) is 13.0 Å². The number of aryl methyl sites for hydroxylation is 2. The standard InChI is InChI=1S/C14H21NO2/c1-11-6-4-5-7-12(11)8-9-13(16)15-10-14(2,3)17/h4-7,17H,8-10H2,1-3H3,(H,15,16). The molecule has 94 valence electrons. The number of benzene rings is 1. The lowest BCUT2D eigenvalue weighted by Crippen LogP contribution is -2.38. The highest BCUT2D eigenvalue weighted by molar-refractivity contribution is 5.76.